The summed E-state index contributed by atoms with van der Waals surface area (Å²) < 4.78 is 0. The van der Waals surface area contributed by atoms with Gasteiger partial charge in [0.1, 0.15) is 0 Å². The zero-order valence-electron chi connectivity index (χ0n) is 17.9. The normalized spacial score (nSPS) is 15.5. The first kappa shape index (κ1) is 22.4. The number of nitro benzene ring substituents is 1. The Morgan fingerprint density at radius 1 is 1.16 bits per heavy atom. The van der Waals surface area contributed by atoms with Gasteiger partial charge >= 0.3 is 0 Å². The number of nitrogens with one attached hydrogen (secondary N) is 1. The molecule has 0 aliphatic carbocycles. The van der Waals surface area contributed by atoms with Crippen LogP contribution in [0.3, 0.4) is 0 Å². The molecule has 0 saturated carbocycles. The van der Waals surface area contributed by atoms with Crippen molar-refractivity contribution in [3.05, 3.63) is 70.3 Å². The first-order valence-electron chi connectivity index (χ1n) is 10.4. The minimum Gasteiger partial charge on any atom is -0.342 e. The van der Waals surface area contributed by atoms with Crippen LogP contribution in [0.5, 0.6) is 0 Å². The highest BCUT2D eigenvalue weighted by Gasteiger charge is 2.28. The summed E-state index contributed by atoms with van der Waals surface area (Å²) in [5.74, 6) is -0.109. The first-order valence-corrected chi connectivity index (χ1v) is 10.4. The van der Waals surface area contributed by atoms with Crippen molar-refractivity contribution in [2.24, 2.45) is 5.92 Å². The molecule has 0 spiro atoms. The number of amides is 2. The quantitative estimate of drug-likeness (QED) is 0.542. The monoisotopic (exact) mass is 424 g/mol. The second-order valence-corrected chi connectivity index (χ2v) is 7.95. The molecule has 3 rings (SSSR count). The molecular formula is C23H28N4O4. The number of piperidine rings is 1. The Balaban J connectivity index is 1.49. The van der Waals surface area contributed by atoms with Gasteiger partial charge in [-0.25, -0.2) is 0 Å². The van der Waals surface area contributed by atoms with Crippen LogP contribution in [0, 0.1) is 16.0 Å². The summed E-state index contributed by atoms with van der Waals surface area (Å²) >= 11 is 0. The third kappa shape index (κ3) is 5.88. The Hall–Kier alpha value is -3.26. The predicted molar refractivity (Wildman–Crippen MR) is 119 cm³/mol. The van der Waals surface area contributed by atoms with Gasteiger partial charge in [-0.15, -0.1) is 0 Å². The number of likely N-dealkylation sites (tertiary alicyclic amines) is 1. The number of hydrogen-bond acceptors (Lipinski definition) is 5. The second kappa shape index (κ2) is 10.2. The average molecular weight is 425 g/mol. The number of anilines is 1. The number of carbonyl (C=O) groups is 2. The summed E-state index contributed by atoms with van der Waals surface area (Å²) in [4.78, 5) is 39.5. The summed E-state index contributed by atoms with van der Waals surface area (Å²) in [6.45, 7) is 3.23. The highest BCUT2D eigenvalue weighted by atomic mass is 16.6. The molecule has 0 unspecified atom stereocenters. The number of nitrogens with zero attached hydrogens (tertiary/aromatic N) is 3. The van der Waals surface area contributed by atoms with E-state index in [-0.39, 0.29) is 36.0 Å². The fourth-order valence-corrected chi connectivity index (χ4v) is 3.76. The predicted octanol–water partition coefficient (Wildman–Crippen LogP) is 3.46. The lowest BCUT2D eigenvalue weighted by Gasteiger charge is -2.33. The lowest BCUT2D eigenvalue weighted by molar-refractivity contribution is -0.384. The van der Waals surface area contributed by atoms with Gasteiger partial charge in [0.25, 0.3) is 5.69 Å². The molecule has 0 bridgehead atoms. The number of benzene rings is 2. The van der Waals surface area contributed by atoms with E-state index in [4.69, 9.17) is 0 Å². The van der Waals surface area contributed by atoms with Crippen LogP contribution >= 0.6 is 0 Å². The molecule has 1 aliphatic rings. The van der Waals surface area contributed by atoms with Crippen LogP contribution in [0.1, 0.15) is 31.4 Å². The van der Waals surface area contributed by atoms with Gasteiger partial charge in [-0.05, 0) is 44.5 Å². The highest BCUT2D eigenvalue weighted by molar-refractivity contribution is 5.92. The highest BCUT2D eigenvalue weighted by Crippen LogP contribution is 2.24. The van der Waals surface area contributed by atoms with Crippen molar-refractivity contribution in [1.29, 1.82) is 0 Å². The van der Waals surface area contributed by atoms with Crippen LogP contribution in [0.4, 0.5) is 11.4 Å². The fourth-order valence-electron chi connectivity index (χ4n) is 3.76. The largest absolute Gasteiger partial charge is 0.342 e. The van der Waals surface area contributed by atoms with E-state index >= 15 is 0 Å². The summed E-state index contributed by atoms with van der Waals surface area (Å²) in [6.07, 6.45) is 1.27. The van der Waals surface area contributed by atoms with Crippen molar-refractivity contribution in [2.75, 3.05) is 32.0 Å². The number of hydrogen-bond donors (Lipinski definition) is 1. The van der Waals surface area contributed by atoms with Gasteiger partial charge in [0.05, 0.1) is 11.5 Å². The van der Waals surface area contributed by atoms with Gasteiger partial charge in [-0.1, -0.05) is 30.3 Å². The Morgan fingerprint density at radius 2 is 1.84 bits per heavy atom. The first-order chi connectivity index (χ1) is 14.8. The van der Waals surface area contributed by atoms with Gasteiger partial charge < -0.3 is 10.2 Å². The van der Waals surface area contributed by atoms with E-state index in [0.717, 1.165) is 11.3 Å². The van der Waals surface area contributed by atoms with Crippen LogP contribution in [-0.2, 0) is 9.59 Å². The minimum atomic E-state index is -0.417. The van der Waals surface area contributed by atoms with Crippen LogP contribution in [-0.4, -0.2) is 53.2 Å². The molecule has 2 aromatic carbocycles. The molecule has 164 valence electrons. The van der Waals surface area contributed by atoms with E-state index in [1.807, 2.05) is 55.3 Å². The van der Waals surface area contributed by atoms with Crippen LogP contribution < -0.4 is 5.32 Å². The third-order valence-corrected chi connectivity index (χ3v) is 5.87. The fraction of sp³-hybridized carbons (Fsp3) is 0.391. The molecule has 1 saturated heterocycles. The zero-order chi connectivity index (χ0) is 22.4. The lowest BCUT2D eigenvalue weighted by Crippen LogP contribution is -2.45. The van der Waals surface area contributed by atoms with Crippen molar-refractivity contribution in [3.8, 4) is 0 Å². The molecular weight excluding hydrogens is 396 g/mol. The number of para-hydroxylation sites is 1. The average Bonchev–Trinajstić information content (AvgIpc) is 2.79. The van der Waals surface area contributed by atoms with Gasteiger partial charge in [-0.3, -0.25) is 24.6 Å². The smallest absolute Gasteiger partial charge is 0.269 e. The van der Waals surface area contributed by atoms with Gasteiger partial charge in [0.15, 0.2) is 0 Å². The van der Waals surface area contributed by atoms with Crippen LogP contribution in [0.15, 0.2) is 54.6 Å². The van der Waals surface area contributed by atoms with Gasteiger partial charge in [0.2, 0.25) is 11.8 Å². The van der Waals surface area contributed by atoms with Crippen molar-refractivity contribution in [3.63, 3.8) is 0 Å². The van der Waals surface area contributed by atoms with E-state index < -0.39 is 4.92 Å². The van der Waals surface area contributed by atoms with Crippen molar-refractivity contribution in [2.45, 2.75) is 25.8 Å². The van der Waals surface area contributed by atoms with E-state index in [9.17, 15) is 19.7 Å². The molecule has 31 heavy (non-hydrogen) atoms. The maximum Gasteiger partial charge on any atom is 0.269 e. The Morgan fingerprint density at radius 3 is 2.48 bits per heavy atom. The topological polar surface area (TPSA) is 95.8 Å². The van der Waals surface area contributed by atoms with Crippen molar-refractivity contribution < 1.29 is 14.5 Å². The second-order valence-electron chi connectivity index (χ2n) is 7.95. The number of nitro groups is 1. The summed E-state index contributed by atoms with van der Waals surface area (Å²) in [6, 6.07) is 15.7. The van der Waals surface area contributed by atoms with Crippen LogP contribution in [0.2, 0.25) is 0 Å². The molecule has 8 nitrogen and oxygen atoms in total. The minimum absolute atomic E-state index is 0.00157. The zero-order valence-corrected chi connectivity index (χ0v) is 17.9. The van der Waals surface area contributed by atoms with E-state index in [1.165, 1.54) is 6.07 Å². The van der Waals surface area contributed by atoms with Crippen molar-refractivity contribution in [1.82, 2.24) is 9.80 Å². The molecule has 1 N–H and O–H groups in total. The number of carbonyl (C=O) groups excluding carboxylic acids is 2. The lowest BCUT2D eigenvalue weighted by atomic mass is 9.95. The van der Waals surface area contributed by atoms with E-state index in [1.54, 1.807) is 17.0 Å². The molecule has 1 aliphatic heterocycles. The molecule has 1 atom stereocenters. The molecule has 2 aromatic rings. The summed E-state index contributed by atoms with van der Waals surface area (Å²) in [7, 11) is 1.83. The van der Waals surface area contributed by atoms with Gasteiger partial charge in [0, 0.05) is 42.9 Å². The molecule has 0 aromatic heterocycles. The maximum absolute atomic E-state index is 12.8. The SMILES string of the molecule is C[C@H](c1cccc([N+](=O)[O-])c1)N(C)CC(=O)N1CCC(C(=O)Nc2ccccc2)CC1. The third-order valence-electron chi connectivity index (χ3n) is 5.87. The summed E-state index contributed by atoms with van der Waals surface area (Å²) in [5.41, 5.74) is 1.61. The Kier molecular flexibility index (Phi) is 7.36. The summed E-state index contributed by atoms with van der Waals surface area (Å²) in [5, 5.41) is 13.9. The van der Waals surface area contributed by atoms with E-state index in [0.29, 0.717) is 25.9 Å². The molecule has 1 fully saturated rings. The molecule has 1 heterocycles. The Labute approximate surface area is 182 Å². The number of non-ortho nitro benzene ring substituents is 1. The standard InChI is InChI=1S/C23H28N4O4/c1-17(19-7-6-10-21(15-19)27(30)31)25(2)16-22(28)26-13-11-18(12-14-26)23(29)24-20-8-4-3-5-9-20/h3-10,15,17-18H,11-14,16H2,1-2H3,(H,24,29)/t17-/m1/s1. The molecule has 8 heteroatoms. The number of rotatable bonds is 7. The van der Waals surface area contributed by atoms with Crippen molar-refractivity contribution >= 4 is 23.2 Å². The molecule has 2 amide bonds. The van der Waals surface area contributed by atoms with Crippen LogP contribution in [0.25, 0.3) is 0 Å². The molecule has 0 radical (unpaired) electrons. The number of likely N-dealkylation sites (N-methyl/N-ethyl adjacent to an activating group) is 1. The Bertz CT molecular complexity index is 926. The van der Waals surface area contributed by atoms with E-state index in [2.05, 4.69) is 5.32 Å². The van der Waals surface area contributed by atoms with Gasteiger partial charge in [-0.2, -0.15) is 0 Å². The maximum atomic E-state index is 12.8.